The summed E-state index contributed by atoms with van der Waals surface area (Å²) in [5.41, 5.74) is 1.25. The summed E-state index contributed by atoms with van der Waals surface area (Å²) in [5.74, 6) is 0. The van der Waals surface area contributed by atoms with E-state index in [-0.39, 0.29) is 12.1 Å². The highest BCUT2D eigenvalue weighted by molar-refractivity contribution is 5.60. The molecular weight excluding hydrogens is 277 g/mol. The monoisotopic (exact) mass is 290 g/mol. The van der Waals surface area contributed by atoms with Crippen molar-refractivity contribution < 1.29 is 13.2 Å². The standard InChI is InChI=1S/C16H13F3N2/c1-11-5-4-8-15(13(11)9-20)21-10-12-6-2-3-7-14(12)16(17,18)19/h2-8,21H,10H2,1H3. The van der Waals surface area contributed by atoms with Crippen LogP contribution in [-0.2, 0) is 12.7 Å². The molecule has 0 aliphatic carbocycles. The van der Waals surface area contributed by atoms with Gasteiger partial charge in [-0.2, -0.15) is 18.4 Å². The maximum absolute atomic E-state index is 12.9. The van der Waals surface area contributed by atoms with Gasteiger partial charge in [0.1, 0.15) is 6.07 Å². The predicted octanol–water partition coefficient (Wildman–Crippen LogP) is 4.50. The molecule has 0 bridgehead atoms. The molecule has 2 aromatic rings. The number of hydrogen-bond donors (Lipinski definition) is 1. The molecule has 0 aliphatic rings. The summed E-state index contributed by atoms with van der Waals surface area (Å²) in [5, 5.41) is 12.0. The van der Waals surface area contributed by atoms with Gasteiger partial charge >= 0.3 is 6.18 Å². The van der Waals surface area contributed by atoms with E-state index in [9.17, 15) is 13.2 Å². The lowest BCUT2D eigenvalue weighted by Crippen LogP contribution is -2.12. The van der Waals surface area contributed by atoms with Gasteiger partial charge in [0.25, 0.3) is 0 Å². The topological polar surface area (TPSA) is 35.8 Å². The molecule has 2 aromatic carbocycles. The molecule has 0 saturated heterocycles. The Balaban J connectivity index is 2.26. The molecule has 0 heterocycles. The zero-order valence-corrected chi connectivity index (χ0v) is 11.3. The summed E-state index contributed by atoms with van der Waals surface area (Å²) in [6.45, 7) is 1.79. The Hall–Kier alpha value is -2.48. The number of nitrogens with one attached hydrogen (secondary N) is 1. The van der Waals surface area contributed by atoms with E-state index < -0.39 is 11.7 Å². The molecule has 2 nitrogen and oxygen atoms in total. The van der Waals surface area contributed by atoms with E-state index in [1.54, 1.807) is 31.2 Å². The minimum Gasteiger partial charge on any atom is -0.380 e. The van der Waals surface area contributed by atoms with Gasteiger partial charge < -0.3 is 5.32 Å². The molecular formula is C16H13F3N2. The van der Waals surface area contributed by atoms with E-state index in [0.29, 0.717) is 11.3 Å². The molecule has 0 saturated carbocycles. The predicted molar refractivity (Wildman–Crippen MR) is 74.7 cm³/mol. The SMILES string of the molecule is Cc1cccc(NCc2ccccc2C(F)(F)F)c1C#N. The maximum atomic E-state index is 12.9. The summed E-state index contributed by atoms with van der Waals surface area (Å²) < 4.78 is 38.7. The van der Waals surface area contributed by atoms with E-state index in [2.05, 4.69) is 11.4 Å². The third-order valence-electron chi connectivity index (χ3n) is 3.18. The first-order valence-corrected chi connectivity index (χ1v) is 6.32. The lowest BCUT2D eigenvalue weighted by Gasteiger charge is -2.15. The van der Waals surface area contributed by atoms with Gasteiger partial charge in [0.2, 0.25) is 0 Å². The fourth-order valence-electron chi connectivity index (χ4n) is 2.10. The molecule has 108 valence electrons. The zero-order valence-electron chi connectivity index (χ0n) is 11.3. The molecule has 0 spiro atoms. The van der Waals surface area contributed by atoms with Crippen molar-refractivity contribution in [2.75, 3.05) is 5.32 Å². The molecule has 0 unspecified atom stereocenters. The molecule has 0 aliphatic heterocycles. The van der Waals surface area contributed by atoms with Gasteiger partial charge in [0, 0.05) is 6.54 Å². The number of hydrogen-bond acceptors (Lipinski definition) is 2. The van der Waals surface area contributed by atoms with Crippen molar-refractivity contribution in [3.05, 3.63) is 64.7 Å². The number of aryl methyl sites for hydroxylation is 1. The van der Waals surface area contributed by atoms with Gasteiger partial charge in [-0.1, -0.05) is 30.3 Å². The lowest BCUT2D eigenvalue weighted by atomic mass is 10.1. The highest BCUT2D eigenvalue weighted by atomic mass is 19.4. The molecule has 0 atom stereocenters. The molecule has 2 rings (SSSR count). The van der Waals surface area contributed by atoms with Crippen LogP contribution in [0.4, 0.5) is 18.9 Å². The summed E-state index contributed by atoms with van der Waals surface area (Å²) in [6.07, 6.45) is -4.39. The van der Waals surface area contributed by atoms with E-state index in [4.69, 9.17) is 5.26 Å². The Labute approximate surface area is 120 Å². The van der Waals surface area contributed by atoms with Crippen molar-refractivity contribution in [3.8, 4) is 6.07 Å². The van der Waals surface area contributed by atoms with E-state index in [1.165, 1.54) is 12.1 Å². The summed E-state index contributed by atoms with van der Waals surface area (Å²) >= 11 is 0. The second kappa shape index (κ2) is 5.88. The Morgan fingerprint density at radius 1 is 1.10 bits per heavy atom. The van der Waals surface area contributed by atoms with Crippen LogP contribution in [-0.4, -0.2) is 0 Å². The zero-order chi connectivity index (χ0) is 15.5. The Morgan fingerprint density at radius 2 is 1.81 bits per heavy atom. The first-order chi connectivity index (χ1) is 9.93. The second-order valence-corrected chi connectivity index (χ2v) is 4.62. The number of rotatable bonds is 3. The number of benzene rings is 2. The molecule has 5 heteroatoms. The molecule has 1 N–H and O–H groups in total. The van der Waals surface area contributed by atoms with Crippen molar-refractivity contribution in [1.29, 1.82) is 5.26 Å². The van der Waals surface area contributed by atoms with Crippen molar-refractivity contribution in [1.82, 2.24) is 0 Å². The van der Waals surface area contributed by atoms with Crippen LogP contribution in [0.25, 0.3) is 0 Å². The van der Waals surface area contributed by atoms with Crippen LogP contribution in [0.15, 0.2) is 42.5 Å². The van der Waals surface area contributed by atoms with Crippen LogP contribution >= 0.6 is 0 Å². The smallest absolute Gasteiger partial charge is 0.380 e. The summed E-state index contributed by atoms with van der Waals surface area (Å²) in [6, 6.07) is 12.7. The summed E-state index contributed by atoms with van der Waals surface area (Å²) in [4.78, 5) is 0. The van der Waals surface area contributed by atoms with E-state index >= 15 is 0 Å². The first-order valence-electron chi connectivity index (χ1n) is 6.32. The van der Waals surface area contributed by atoms with Gasteiger partial charge in [0.15, 0.2) is 0 Å². The highest BCUT2D eigenvalue weighted by Gasteiger charge is 2.32. The third kappa shape index (κ3) is 3.34. The van der Waals surface area contributed by atoms with Gasteiger partial charge in [-0.05, 0) is 30.2 Å². The minimum absolute atomic E-state index is 0.00775. The fraction of sp³-hybridized carbons (Fsp3) is 0.188. The molecule has 0 amide bonds. The molecule has 0 radical (unpaired) electrons. The molecule has 21 heavy (non-hydrogen) atoms. The van der Waals surface area contributed by atoms with Crippen LogP contribution in [0.2, 0.25) is 0 Å². The maximum Gasteiger partial charge on any atom is 0.416 e. The van der Waals surface area contributed by atoms with Crippen LogP contribution < -0.4 is 5.32 Å². The average Bonchev–Trinajstić information content (AvgIpc) is 2.44. The second-order valence-electron chi connectivity index (χ2n) is 4.62. The number of nitrogens with zero attached hydrogens (tertiary/aromatic N) is 1. The number of halogens is 3. The Kier molecular flexibility index (Phi) is 4.18. The van der Waals surface area contributed by atoms with Crippen LogP contribution in [0.5, 0.6) is 0 Å². The summed E-state index contributed by atoms with van der Waals surface area (Å²) in [7, 11) is 0. The largest absolute Gasteiger partial charge is 0.416 e. The number of anilines is 1. The van der Waals surface area contributed by atoms with Gasteiger partial charge in [-0.15, -0.1) is 0 Å². The minimum atomic E-state index is -4.39. The average molecular weight is 290 g/mol. The van der Waals surface area contributed by atoms with Crippen molar-refractivity contribution in [3.63, 3.8) is 0 Å². The number of nitriles is 1. The fourth-order valence-corrected chi connectivity index (χ4v) is 2.10. The van der Waals surface area contributed by atoms with Gasteiger partial charge in [0.05, 0.1) is 16.8 Å². The highest BCUT2D eigenvalue weighted by Crippen LogP contribution is 2.32. The van der Waals surface area contributed by atoms with Crippen LogP contribution in [0.1, 0.15) is 22.3 Å². The molecule has 0 fully saturated rings. The lowest BCUT2D eigenvalue weighted by molar-refractivity contribution is -0.138. The Morgan fingerprint density at radius 3 is 2.48 bits per heavy atom. The van der Waals surface area contributed by atoms with E-state index in [0.717, 1.165) is 11.6 Å². The third-order valence-corrected chi connectivity index (χ3v) is 3.18. The Bertz CT molecular complexity index is 685. The van der Waals surface area contributed by atoms with Crippen molar-refractivity contribution in [2.45, 2.75) is 19.6 Å². The normalized spacial score (nSPS) is 11.0. The van der Waals surface area contributed by atoms with Gasteiger partial charge in [-0.25, -0.2) is 0 Å². The van der Waals surface area contributed by atoms with Crippen LogP contribution in [0, 0.1) is 18.3 Å². The van der Waals surface area contributed by atoms with Gasteiger partial charge in [-0.3, -0.25) is 0 Å². The van der Waals surface area contributed by atoms with Crippen molar-refractivity contribution >= 4 is 5.69 Å². The molecule has 0 aromatic heterocycles. The van der Waals surface area contributed by atoms with Crippen molar-refractivity contribution in [2.24, 2.45) is 0 Å². The van der Waals surface area contributed by atoms with Crippen LogP contribution in [0.3, 0.4) is 0 Å². The van der Waals surface area contributed by atoms with E-state index in [1.807, 2.05) is 0 Å². The quantitative estimate of drug-likeness (QED) is 0.903. The number of alkyl halides is 3. The first kappa shape index (κ1) is 14.9.